The first kappa shape index (κ1) is 16.3. The Morgan fingerprint density at radius 1 is 1.52 bits per heavy atom. The van der Waals surface area contributed by atoms with Crippen LogP contribution in [0.1, 0.15) is 6.42 Å². The van der Waals surface area contributed by atoms with Gasteiger partial charge in [-0.05, 0) is 44.5 Å². The van der Waals surface area contributed by atoms with Gasteiger partial charge >= 0.3 is 0 Å². The molecule has 1 saturated heterocycles. The molecule has 0 bridgehead atoms. The summed E-state index contributed by atoms with van der Waals surface area (Å²) in [7, 11) is 4.10. The summed E-state index contributed by atoms with van der Waals surface area (Å²) in [5, 5.41) is 4.80. The molecule has 4 nitrogen and oxygen atoms in total. The van der Waals surface area contributed by atoms with Gasteiger partial charge in [0.25, 0.3) is 0 Å². The van der Waals surface area contributed by atoms with E-state index in [4.69, 9.17) is 28.6 Å². The van der Waals surface area contributed by atoms with Crippen LogP contribution in [0.5, 0.6) is 5.75 Å². The zero-order valence-electron chi connectivity index (χ0n) is 12.5. The van der Waals surface area contributed by atoms with Gasteiger partial charge in [-0.2, -0.15) is 0 Å². The van der Waals surface area contributed by atoms with Crippen LogP contribution in [-0.4, -0.2) is 61.3 Å². The summed E-state index contributed by atoms with van der Waals surface area (Å²) in [5.41, 5.74) is 0. The summed E-state index contributed by atoms with van der Waals surface area (Å²) < 4.78 is 5.96. The van der Waals surface area contributed by atoms with Crippen molar-refractivity contribution in [2.45, 2.75) is 12.5 Å². The highest BCUT2D eigenvalue weighted by atomic mass is 35.5. The van der Waals surface area contributed by atoms with Crippen molar-refractivity contribution in [1.82, 2.24) is 15.1 Å². The highest BCUT2D eigenvalue weighted by molar-refractivity contribution is 7.80. The number of hydrogen-bond acceptors (Lipinski definition) is 3. The molecule has 0 saturated carbocycles. The molecule has 0 aliphatic carbocycles. The molecule has 0 radical (unpaired) electrons. The highest BCUT2D eigenvalue weighted by Gasteiger charge is 2.25. The summed E-state index contributed by atoms with van der Waals surface area (Å²) in [5.74, 6) is 0.820. The Hall–Kier alpha value is -1.04. The third-order valence-corrected chi connectivity index (χ3v) is 4.00. The molecule has 116 valence electrons. The van der Waals surface area contributed by atoms with Gasteiger partial charge in [-0.25, -0.2) is 0 Å². The Labute approximate surface area is 137 Å². The topological polar surface area (TPSA) is 27.7 Å². The van der Waals surface area contributed by atoms with Crippen molar-refractivity contribution in [3.05, 3.63) is 29.3 Å². The van der Waals surface area contributed by atoms with Crippen molar-refractivity contribution < 1.29 is 4.74 Å². The first-order valence-electron chi connectivity index (χ1n) is 7.14. The number of nitrogens with zero attached hydrogens (tertiary/aromatic N) is 2. The fraction of sp³-hybridized carbons (Fsp3) is 0.533. The average Bonchev–Trinajstić information content (AvgIpc) is 2.87. The Bertz CT molecular complexity index is 484. The number of likely N-dealkylation sites (tertiary alicyclic amines) is 1. The van der Waals surface area contributed by atoms with Crippen LogP contribution < -0.4 is 10.1 Å². The van der Waals surface area contributed by atoms with E-state index in [1.54, 1.807) is 0 Å². The fourth-order valence-corrected chi connectivity index (χ4v) is 2.69. The first-order valence-corrected chi connectivity index (χ1v) is 7.93. The maximum Gasteiger partial charge on any atom is 0.169 e. The van der Waals surface area contributed by atoms with E-state index >= 15 is 0 Å². The van der Waals surface area contributed by atoms with Gasteiger partial charge in [-0.1, -0.05) is 17.7 Å². The lowest BCUT2D eigenvalue weighted by Gasteiger charge is -2.21. The van der Waals surface area contributed by atoms with E-state index in [1.807, 2.05) is 24.3 Å². The van der Waals surface area contributed by atoms with Gasteiger partial charge in [0.2, 0.25) is 0 Å². The van der Waals surface area contributed by atoms with Crippen LogP contribution in [0.4, 0.5) is 0 Å². The number of thiocarbonyl (C=S) groups is 1. The molecule has 1 N–H and O–H groups in total. The maximum absolute atomic E-state index is 5.97. The predicted octanol–water partition coefficient (Wildman–Crippen LogP) is 2.23. The van der Waals surface area contributed by atoms with Crippen molar-refractivity contribution in [3.63, 3.8) is 0 Å². The van der Waals surface area contributed by atoms with Crippen molar-refractivity contribution in [2.24, 2.45) is 0 Å². The van der Waals surface area contributed by atoms with Crippen LogP contribution in [0.3, 0.4) is 0 Å². The van der Waals surface area contributed by atoms with E-state index in [1.165, 1.54) is 0 Å². The third kappa shape index (κ3) is 5.34. The first-order chi connectivity index (χ1) is 10.0. The minimum atomic E-state index is 0.164. The van der Waals surface area contributed by atoms with Crippen LogP contribution >= 0.6 is 23.8 Å². The Kier molecular flexibility index (Phi) is 6.08. The molecule has 1 aliphatic rings. The Balaban J connectivity index is 1.76. The molecule has 1 aromatic rings. The number of likely N-dealkylation sites (N-methyl/N-ethyl adjacent to an activating group) is 1. The second kappa shape index (κ2) is 7.82. The zero-order chi connectivity index (χ0) is 15.2. The number of halogens is 1. The van der Waals surface area contributed by atoms with Gasteiger partial charge in [0, 0.05) is 31.1 Å². The largest absolute Gasteiger partial charge is 0.488 e. The van der Waals surface area contributed by atoms with Gasteiger partial charge in [0.1, 0.15) is 11.9 Å². The lowest BCUT2D eigenvalue weighted by molar-refractivity contribution is 0.214. The van der Waals surface area contributed by atoms with Gasteiger partial charge < -0.3 is 19.9 Å². The van der Waals surface area contributed by atoms with Gasteiger partial charge in [-0.3, -0.25) is 0 Å². The lowest BCUT2D eigenvalue weighted by atomic mass is 10.3. The quantitative estimate of drug-likeness (QED) is 0.837. The number of ether oxygens (including phenoxy) is 1. The molecule has 0 spiro atoms. The van der Waals surface area contributed by atoms with Gasteiger partial charge in [-0.15, -0.1) is 0 Å². The van der Waals surface area contributed by atoms with Crippen LogP contribution in [0.25, 0.3) is 0 Å². The molecule has 1 fully saturated rings. The molecule has 0 amide bonds. The number of hydrogen-bond donors (Lipinski definition) is 1. The average molecular weight is 328 g/mol. The van der Waals surface area contributed by atoms with Crippen molar-refractivity contribution in [1.29, 1.82) is 0 Å². The molecule has 6 heteroatoms. The van der Waals surface area contributed by atoms with E-state index in [0.29, 0.717) is 5.02 Å². The molecule has 1 heterocycles. The van der Waals surface area contributed by atoms with Crippen LogP contribution in [0.15, 0.2) is 24.3 Å². The number of nitrogens with one attached hydrogen (secondary N) is 1. The van der Waals surface area contributed by atoms with E-state index in [2.05, 4.69) is 29.2 Å². The van der Waals surface area contributed by atoms with E-state index in [0.717, 1.165) is 43.5 Å². The maximum atomic E-state index is 5.97. The summed E-state index contributed by atoms with van der Waals surface area (Å²) in [4.78, 5) is 4.30. The molecule has 1 unspecified atom stereocenters. The zero-order valence-corrected chi connectivity index (χ0v) is 14.1. The highest BCUT2D eigenvalue weighted by Crippen LogP contribution is 2.21. The van der Waals surface area contributed by atoms with E-state index < -0.39 is 0 Å². The predicted molar refractivity (Wildman–Crippen MR) is 91.2 cm³/mol. The molecule has 21 heavy (non-hydrogen) atoms. The van der Waals surface area contributed by atoms with Crippen LogP contribution in [0, 0.1) is 0 Å². The monoisotopic (exact) mass is 327 g/mol. The lowest BCUT2D eigenvalue weighted by Crippen LogP contribution is -2.41. The molecular weight excluding hydrogens is 306 g/mol. The van der Waals surface area contributed by atoms with Crippen LogP contribution in [0.2, 0.25) is 5.02 Å². The Morgan fingerprint density at radius 3 is 3.05 bits per heavy atom. The van der Waals surface area contributed by atoms with Crippen LogP contribution in [-0.2, 0) is 0 Å². The summed E-state index contributed by atoms with van der Waals surface area (Å²) in [6, 6.07) is 7.52. The molecule has 0 aromatic heterocycles. The summed E-state index contributed by atoms with van der Waals surface area (Å²) in [6.45, 7) is 3.58. The number of benzene rings is 1. The standard InChI is InChI=1S/C15H22ClN3OS/c1-18(2)9-7-17-15(21)19-8-6-14(11-19)20-13-5-3-4-12(16)10-13/h3-5,10,14H,6-9,11H2,1-2H3,(H,17,21). The molecule has 1 atom stereocenters. The van der Waals surface area contributed by atoms with Crippen molar-refractivity contribution >= 4 is 28.9 Å². The van der Waals surface area contributed by atoms with Gasteiger partial charge in [0.15, 0.2) is 5.11 Å². The van der Waals surface area contributed by atoms with E-state index in [9.17, 15) is 0 Å². The summed E-state index contributed by atoms with van der Waals surface area (Å²) >= 11 is 11.4. The smallest absolute Gasteiger partial charge is 0.169 e. The fourth-order valence-electron chi connectivity index (χ4n) is 2.24. The minimum absolute atomic E-state index is 0.164. The molecule has 1 aromatic carbocycles. The molecular formula is C15H22ClN3OS. The van der Waals surface area contributed by atoms with Gasteiger partial charge in [0.05, 0.1) is 6.54 Å². The SMILES string of the molecule is CN(C)CCNC(=S)N1CCC(Oc2cccc(Cl)c2)C1. The Morgan fingerprint density at radius 2 is 2.33 bits per heavy atom. The second-order valence-electron chi connectivity index (χ2n) is 5.47. The van der Waals surface area contributed by atoms with E-state index in [-0.39, 0.29) is 6.10 Å². The van der Waals surface area contributed by atoms with Crippen molar-refractivity contribution in [3.8, 4) is 5.75 Å². The molecule has 1 aliphatic heterocycles. The third-order valence-electron chi connectivity index (χ3n) is 3.37. The second-order valence-corrected chi connectivity index (χ2v) is 6.29. The van der Waals surface area contributed by atoms with Crippen molar-refractivity contribution in [2.75, 3.05) is 40.3 Å². The minimum Gasteiger partial charge on any atom is -0.488 e. The summed E-state index contributed by atoms with van der Waals surface area (Å²) in [6.07, 6.45) is 1.14. The number of rotatable bonds is 5. The normalized spacial score (nSPS) is 18.1. The molecule has 2 rings (SSSR count).